The first-order valence-corrected chi connectivity index (χ1v) is 6.44. The van der Waals surface area contributed by atoms with E-state index in [-0.39, 0.29) is 6.04 Å². The fourth-order valence-corrected chi connectivity index (χ4v) is 1.91. The molecule has 1 aromatic heterocycles. The normalized spacial score (nSPS) is 10.7. The van der Waals surface area contributed by atoms with Gasteiger partial charge in [-0.15, -0.1) is 0 Å². The number of aldehydes is 1. The first kappa shape index (κ1) is 13.3. The molecule has 100 valence electrons. The van der Waals surface area contributed by atoms with Gasteiger partial charge in [-0.2, -0.15) is 5.10 Å². The maximum Gasteiger partial charge on any atom is 0.153 e. The van der Waals surface area contributed by atoms with Gasteiger partial charge in [0.05, 0.1) is 12.2 Å². The summed E-state index contributed by atoms with van der Waals surface area (Å²) >= 11 is 0. The number of nitrogens with zero attached hydrogens (tertiary/aromatic N) is 2. The molecule has 4 heteroatoms. The second-order valence-corrected chi connectivity index (χ2v) is 4.55. The third kappa shape index (κ3) is 2.67. The summed E-state index contributed by atoms with van der Waals surface area (Å²) in [5.41, 5.74) is 2.11. The number of para-hydroxylation sites is 1. The first-order chi connectivity index (χ1) is 9.17. The van der Waals surface area contributed by atoms with Gasteiger partial charge in [-0.3, -0.25) is 9.48 Å². The number of carbonyl (C=O) groups is 1. The molecular formula is C15H18N2O2. The van der Waals surface area contributed by atoms with Crippen LogP contribution in [0.4, 0.5) is 0 Å². The van der Waals surface area contributed by atoms with Crippen LogP contribution in [0, 0.1) is 0 Å². The number of hydrogen-bond acceptors (Lipinski definition) is 3. The fraction of sp³-hybridized carbons (Fsp3) is 0.333. The molecule has 4 nitrogen and oxygen atoms in total. The Morgan fingerprint density at radius 2 is 2.11 bits per heavy atom. The van der Waals surface area contributed by atoms with Gasteiger partial charge in [0.15, 0.2) is 6.29 Å². The summed E-state index contributed by atoms with van der Waals surface area (Å²) in [7, 11) is 0. The quantitative estimate of drug-likeness (QED) is 0.772. The lowest BCUT2D eigenvalue weighted by atomic mass is 10.1. The zero-order chi connectivity index (χ0) is 13.8. The maximum atomic E-state index is 11.2. The van der Waals surface area contributed by atoms with Gasteiger partial charge in [0.1, 0.15) is 11.4 Å². The molecule has 0 aliphatic carbocycles. The van der Waals surface area contributed by atoms with Crippen molar-refractivity contribution >= 4 is 6.29 Å². The van der Waals surface area contributed by atoms with Crippen molar-refractivity contribution in [3.63, 3.8) is 0 Å². The average Bonchev–Trinajstić information content (AvgIpc) is 2.84. The van der Waals surface area contributed by atoms with E-state index < -0.39 is 0 Å². The van der Waals surface area contributed by atoms with Crippen molar-refractivity contribution in [3.8, 4) is 17.0 Å². The molecule has 0 unspecified atom stereocenters. The molecule has 0 radical (unpaired) electrons. The van der Waals surface area contributed by atoms with Crippen molar-refractivity contribution in [1.29, 1.82) is 0 Å². The monoisotopic (exact) mass is 258 g/mol. The van der Waals surface area contributed by atoms with Crippen LogP contribution < -0.4 is 4.74 Å². The second kappa shape index (κ2) is 5.69. The molecule has 2 aromatic rings. The number of ether oxygens (including phenoxy) is 1. The highest BCUT2D eigenvalue weighted by Crippen LogP contribution is 2.31. The minimum Gasteiger partial charge on any atom is -0.493 e. The van der Waals surface area contributed by atoms with Gasteiger partial charge in [0.2, 0.25) is 0 Å². The summed E-state index contributed by atoms with van der Waals surface area (Å²) in [5.74, 6) is 0.752. The molecule has 1 aromatic carbocycles. The largest absolute Gasteiger partial charge is 0.493 e. The number of rotatable bonds is 5. The van der Waals surface area contributed by atoms with Crippen molar-refractivity contribution in [2.45, 2.75) is 26.8 Å². The van der Waals surface area contributed by atoms with Gasteiger partial charge in [-0.1, -0.05) is 12.1 Å². The zero-order valence-electron chi connectivity index (χ0n) is 11.5. The number of aromatic nitrogens is 2. The van der Waals surface area contributed by atoms with Gasteiger partial charge >= 0.3 is 0 Å². The predicted molar refractivity (Wildman–Crippen MR) is 74.6 cm³/mol. The van der Waals surface area contributed by atoms with E-state index in [0.29, 0.717) is 17.9 Å². The van der Waals surface area contributed by atoms with E-state index >= 15 is 0 Å². The minimum atomic E-state index is 0.215. The van der Waals surface area contributed by atoms with Crippen LogP contribution in [0.2, 0.25) is 0 Å². The summed E-state index contributed by atoms with van der Waals surface area (Å²) in [5, 5.41) is 4.50. The highest BCUT2D eigenvalue weighted by atomic mass is 16.5. The smallest absolute Gasteiger partial charge is 0.153 e. The van der Waals surface area contributed by atoms with Crippen LogP contribution in [0.15, 0.2) is 30.5 Å². The van der Waals surface area contributed by atoms with Crippen LogP contribution in [-0.2, 0) is 0 Å². The number of benzene rings is 1. The Morgan fingerprint density at radius 1 is 1.37 bits per heavy atom. The lowest BCUT2D eigenvalue weighted by molar-refractivity contribution is 0.112. The van der Waals surface area contributed by atoms with E-state index in [0.717, 1.165) is 17.6 Å². The summed E-state index contributed by atoms with van der Waals surface area (Å²) < 4.78 is 7.39. The Bertz CT molecular complexity index is 573. The van der Waals surface area contributed by atoms with Crippen LogP contribution in [0.5, 0.6) is 5.75 Å². The Balaban J connectivity index is 2.54. The van der Waals surface area contributed by atoms with Crippen molar-refractivity contribution in [3.05, 3.63) is 36.0 Å². The number of hydrogen-bond donors (Lipinski definition) is 0. The molecule has 0 aliphatic rings. The maximum absolute atomic E-state index is 11.2. The SMILES string of the molecule is CCOc1ccccc1-c1nn(C(C)C)cc1C=O. The Morgan fingerprint density at radius 3 is 2.74 bits per heavy atom. The fourth-order valence-electron chi connectivity index (χ4n) is 1.91. The summed E-state index contributed by atoms with van der Waals surface area (Å²) in [4.78, 5) is 11.2. The van der Waals surface area contributed by atoms with Gasteiger partial charge in [-0.25, -0.2) is 0 Å². The van der Waals surface area contributed by atoms with E-state index in [4.69, 9.17) is 4.74 Å². The molecule has 0 spiro atoms. The van der Waals surface area contributed by atoms with Gasteiger partial charge in [0, 0.05) is 17.8 Å². The van der Waals surface area contributed by atoms with Crippen LogP contribution >= 0.6 is 0 Å². The second-order valence-electron chi connectivity index (χ2n) is 4.55. The molecule has 0 amide bonds. The third-order valence-corrected chi connectivity index (χ3v) is 2.86. The molecule has 2 rings (SSSR count). The highest BCUT2D eigenvalue weighted by Gasteiger charge is 2.15. The average molecular weight is 258 g/mol. The van der Waals surface area contributed by atoms with E-state index in [2.05, 4.69) is 5.10 Å². The first-order valence-electron chi connectivity index (χ1n) is 6.44. The standard InChI is InChI=1S/C15H18N2O2/c1-4-19-14-8-6-5-7-13(14)15-12(10-18)9-17(16-15)11(2)3/h5-11H,4H2,1-3H3. The molecule has 0 atom stereocenters. The van der Waals surface area contributed by atoms with Crippen molar-refractivity contribution in [1.82, 2.24) is 9.78 Å². The van der Waals surface area contributed by atoms with Crippen molar-refractivity contribution in [2.24, 2.45) is 0 Å². The lowest BCUT2D eigenvalue weighted by Crippen LogP contribution is -2.01. The molecule has 0 aliphatic heterocycles. The molecule has 0 fully saturated rings. The van der Waals surface area contributed by atoms with Gasteiger partial charge < -0.3 is 4.74 Å². The third-order valence-electron chi connectivity index (χ3n) is 2.86. The highest BCUT2D eigenvalue weighted by molar-refractivity contribution is 5.87. The molecule has 19 heavy (non-hydrogen) atoms. The van der Waals surface area contributed by atoms with Gasteiger partial charge in [-0.05, 0) is 32.9 Å². The van der Waals surface area contributed by atoms with E-state index in [1.54, 1.807) is 10.9 Å². The molecule has 0 N–H and O–H groups in total. The van der Waals surface area contributed by atoms with Crippen LogP contribution in [-0.4, -0.2) is 22.7 Å². The zero-order valence-corrected chi connectivity index (χ0v) is 11.5. The topological polar surface area (TPSA) is 44.1 Å². The summed E-state index contributed by atoms with van der Waals surface area (Å²) in [6.45, 7) is 6.57. The van der Waals surface area contributed by atoms with E-state index in [1.807, 2.05) is 45.0 Å². The predicted octanol–water partition coefficient (Wildman–Crippen LogP) is 3.34. The Kier molecular flexibility index (Phi) is 4.00. The lowest BCUT2D eigenvalue weighted by Gasteiger charge is -2.08. The summed E-state index contributed by atoms with van der Waals surface area (Å²) in [6, 6.07) is 7.86. The molecular weight excluding hydrogens is 240 g/mol. The van der Waals surface area contributed by atoms with Crippen molar-refractivity contribution < 1.29 is 9.53 Å². The van der Waals surface area contributed by atoms with Gasteiger partial charge in [0.25, 0.3) is 0 Å². The minimum absolute atomic E-state index is 0.215. The number of carbonyl (C=O) groups excluding carboxylic acids is 1. The van der Waals surface area contributed by atoms with Crippen LogP contribution in [0.3, 0.4) is 0 Å². The Hall–Kier alpha value is -2.10. The van der Waals surface area contributed by atoms with Crippen molar-refractivity contribution in [2.75, 3.05) is 6.61 Å². The molecule has 1 heterocycles. The molecule has 0 saturated heterocycles. The van der Waals surface area contributed by atoms with E-state index in [9.17, 15) is 4.79 Å². The van der Waals surface area contributed by atoms with Crippen LogP contribution in [0.1, 0.15) is 37.2 Å². The molecule has 0 saturated carbocycles. The summed E-state index contributed by atoms with van der Waals surface area (Å²) in [6.07, 6.45) is 2.61. The Labute approximate surface area is 113 Å². The molecule has 0 bridgehead atoms. The van der Waals surface area contributed by atoms with E-state index in [1.165, 1.54) is 0 Å². The van der Waals surface area contributed by atoms with Crippen LogP contribution in [0.25, 0.3) is 11.3 Å².